The third kappa shape index (κ3) is 3.70. The second-order valence-corrected chi connectivity index (χ2v) is 8.14. The minimum absolute atomic E-state index is 0.300. The molecular weight excluding hydrogens is 370 g/mol. The summed E-state index contributed by atoms with van der Waals surface area (Å²) in [4.78, 5) is 7.26. The van der Waals surface area contributed by atoms with Gasteiger partial charge in [0.2, 0.25) is 6.79 Å². The number of nitrogens with one attached hydrogen (secondary N) is 1. The lowest BCUT2D eigenvalue weighted by Crippen LogP contribution is -2.26. The topological polar surface area (TPSA) is 46.6 Å². The number of aromatic nitrogens is 1. The predicted octanol–water partition coefficient (Wildman–Crippen LogP) is 4.15. The van der Waals surface area contributed by atoms with Crippen molar-refractivity contribution in [2.45, 2.75) is 13.0 Å². The molecule has 0 amide bonds. The van der Waals surface area contributed by atoms with Crippen LogP contribution < -0.4 is 19.7 Å². The Morgan fingerprint density at radius 2 is 2.00 bits per heavy atom. The lowest BCUT2D eigenvalue weighted by Gasteiger charge is -2.18. The molecule has 1 fully saturated rings. The van der Waals surface area contributed by atoms with Gasteiger partial charge in [-0.3, -0.25) is 0 Å². The molecule has 5 rings (SSSR count). The Labute approximate surface area is 168 Å². The molecule has 3 heterocycles. The van der Waals surface area contributed by atoms with Gasteiger partial charge < -0.3 is 19.7 Å². The van der Waals surface area contributed by atoms with E-state index in [9.17, 15) is 0 Å². The van der Waals surface area contributed by atoms with Gasteiger partial charge in [0.15, 0.2) is 11.5 Å². The quantitative estimate of drug-likeness (QED) is 0.682. The van der Waals surface area contributed by atoms with E-state index < -0.39 is 0 Å². The third-order valence-electron chi connectivity index (χ3n) is 5.32. The lowest BCUT2D eigenvalue weighted by atomic mass is 10.1. The Kier molecular flexibility index (Phi) is 4.89. The van der Waals surface area contributed by atoms with Crippen LogP contribution in [0.2, 0.25) is 0 Å². The van der Waals surface area contributed by atoms with Gasteiger partial charge in [0.05, 0.1) is 5.69 Å². The fourth-order valence-corrected chi connectivity index (χ4v) is 4.64. The summed E-state index contributed by atoms with van der Waals surface area (Å²) >= 11 is 1.67. The number of hydrogen-bond donors (Lipinski definition) is 1. The summed E-state index contributed by atoms with van der Waals surface area (Å²) in [7, 11) is 0. The van der Waals surface area contributed by atoms with Crippen LogP contribution in [-0.2, 0) is 6.54 Å². The van der Waals surface area contributed by atoms with Crippen molar-refractivity contribution in [1.29, 1.82) is 0 Å². The van der Waals surface area contributed by atoms with E-state index in [2.05, 4.69) is 45.9 Å². The average molecular weight is 394 g/mol. The van der Waals surface area contributed by atoms with Gasteiger partial charge in [-0.1, -0.05) is 18.2 Å². The summed E-state index contributed by atoms with van der Waals surface area (Å²) in [6, 6.07) is 16.7. The van der Waals surface area contributed by atoms with E-state index in [-0.39, 0.29) is 0 Å². The van der Waals surface area contributed by atoms with E-state index in [4.69, 9.17) is 14.5 Å². The summed E-state index contributed by atoms with van der Waals surface area (Å²) in [6.45, 7) is 4.40. The molecule has 2 aliphatic rings. The molecule has 0 saturated carbocycles. The number of para-hydroxylation sites is 1. The van der Waals surface area contributed by atoms with E-state index >= 15 is 0 Å². The third-order valence-corrected chi connectivity index (χ3v) is 6.26. The molecule has 0 bridgehead atoms. The zero-order chi connectivity index (χ0) is 18.8. The summed E-state index contributed by atoms with van der Waals surface area (Å²) in [5.41, 5.74) is 3.50. The molecular formula is C22H23N3O2S. The first kappa shape index (κ1) is 17.5. The van der Waals surface area contributed by atoms with E-state index in [1.165, 1.54) is 12.1 Å². The first-order valence-electron chi connectivity index (χ1n) is 9.70. The zero-order valence-corrected chi connectivity index (χ0v) is 16.5. The number of thiazole rings is 1. The fourth-order valence-electron chi connectivity index (χ4n) is 3.83. The number of fused-ring (bicyclic) bond motifs is 1. The first-order valence-corrected chi connectivity index (χ1v) is 10.6. The van der Waals surface area contributed by atoms with Crippen molar-refractivity contribution in [1.82, 2.24) is 10.3 Å². The molecule has 5 nitrogen and oxygen atoms in total. The van der Waals surface area contributed by atoms with E-state index in [1.54, 1.807) is 11.3 Å². The minimum atomic E-state index is 0.300. The molecule has 0 spiro atoms. The van der Waals surface area contributed by atoms with E-state index in [1.807, 2.05) is 18.2 Å². The highest BCUT2D eigenvalue weighted by Gasteiger charge is 2.22. The van der Waals surface area contributed by atoms with Gasteiger partial charge in [-0.25, -0.2) is 4.98 Å². The number of ether oxygens (including phenoxy) is 2. The molecule has 0 radical (unpaired) electrons. The largest absolute Gasteiger partial charge is 0.454 e. The van der Waals surface area contributed by atoms with Crippen molar-refractivity contribution < 1.29 is 9.47 Å². The molecule has 3 aromatic rings. The molecule has 1 atom stereocenters. The number of nitrogens with zero attached hydrogens (tertiary/aromatic N) is 2. The van der Waals surface area contributed by atoms with Gasteiger partial charge in [0.25, 0.3) is 0 Å². The zero-order valence-electron chi connectivity index (χ0n) is 15.6. The molecule has 0 aliphatic carbocycles. The second kappa shape index (κ2) is 7.81. The van der Waals surface area contributed by atoms with Crippen LogP contribution in [0.1, 0.15) is 12.1 Å². The molecule has 2 aliphatic heterocycles. The maximum Gasteiger partial charge on any atom is 0.231 e. The Balaban J connectivity index is 1.13. The fraction of sp³-hybridized carbons (Fsp3) is 0.318. The van der Waals surface area contributed by atoms with Gasteiger partial charge in [0.1, 0.15) is 5.01 Å². The van der Waals surface area contributed by atoms with Crippen molar-refractivity contribution in [2.24, 2.45) is 5.92 Å². The van der Waals surface area contributed by atoms with Crippen molar-refractivity contribution in [3.8, 4) is 22.1 Å². The Morgan fingerprint density at radius 3 is 2.93 bits per heavy atom. The van der Waals surface area contributed by atoms with Gasteiger partial charge in [-0.05, 0) is 42.7 Å². The van der Waals surface area contributed by atoms with Crippen molar-refractivity contribution in [3.05, 3.63) is 59.6 Å². The summed E-state index contributed by atoms with van der Waals surface area (Å²) in [5.74, 6) is 2.30. The van der Waals surface area contributed by atoms with Crippen LogP contribution >= 0.6 is 11.3 Å². The molecule has 1 N–H and O–H groups in total. The smallest absolute Gasteiger partial charge is 0.231 e. The van der Waals surface area contributed by atoms with Crippen LogP contribution in [0.15, 0.2) is 53.9 Å². The lowest BCUT2D eigenvalue weighted by molar-refractivity contribution is 0.174. The number of benzene rings is 2. The maximum absolute atomic E-state index is 5.47. The van der Waals surface area contributed by atoms with E-state index in [0.29, 0.717) is 12.7 Å². The second-order valence-electron chi connectivity index (χ2n) is 7.28. The Hall–Kier alpha value is -2.57. The number of hydrogen-bond acceptors (Lipinski definition) is 6. The minimum Gasteiger partial charge on any atom is -0.454 e. The standard InChI is InChI=1S/C22H23N3O2S/c1-2-4-19(5-3-1)25-9-8-16(13-25)11-23-12-18-14-28-22(24-18)17-6-7-20-21(10-17)27-15-26-20/h1-7,10,14,16,23H,8-9,11-13,15H2. The Bertz CT molecular complexity index is 944. The summed E-state index contributed by atoms with van der Waals surface area (Å²) in [6.07, 6.45) is 1.24. The van der Waals surface area contributed by atoms with Gasteiger partial charge in [0, 0.05) is 42.8 Å². The van der Waals surface area contributed by atoms with E-state index in [0.717, 1.165) is 53.9 Å². The van der Waals surface area contributed by atoms with Crippen LogP contribution in [0.4, 0.5) is 5.69 Å². The van der Waals surface area contributed by atoms with Gasteiger partial charge in [-0.2, -0.15) is 0 Å². The van der Waals surface area contributed by atoms with Crippen LogP contribution in [0.5, 0.6) is 11.5 Å². The summed E-state index contributed by atoms with van der Waals surface area (Å²) in [5, 5.41) is 6.75. The van der Waals surface area contributed by atoms with Crippen molar-refractivity contribution in [2.75, 3.05) is 31.3 Å². The average Bonchev–Trinajstić information content (AvgIpc) is 3.49. The maximum atomic E-state index is 5.47. The Morgan fingerprint density at radius 1 is 1.11 bits per heavy atom. The van der Waals surface area contributed by atoms with Gasteiger partial charge in [-0.15, -0.1) is 11.3 Å². The first-order chi connectivity index (χ1) is 13.8. The van der Waals surface area contributed by atoms with Gasteiger partial charge >= 0.3 is 0 Å². The molecule has 2 aromatic carbocycles. The van der Waals surface area contributed by atoms with Crippen LogP contribution in [-0.4, -0.2) is 31.4 Å². The molecule has 1 saturated heterocycles. The predicted molar refractivity (Wildman–Crippen MR) is 112 cm³/mol. The monoisotopic (exact) mass is 393 g/mol. The highest BCUT2D eigenvalue weighted by molar-refractivity contribution is 7.13. The van der Waals surface area contributed by atoms with Crippen LogP contribution in [0.25, 0.3) is 10.6 Å². The molecule has 28 heavy (non-hydrogen) atoms. The molecule has 6 heteroatoms. The normalized spacial score (nSPS) is 18.0. The SMILES string of the molecule is c1ccc(N2CCC(CNCc3csc(-c4ccc5c(c4)OCO5)n3)C2)cc1. The van der Waals surface area contributed by atoms with Crippen LogP contribution in [0, 0.1) is 5.92 Å². The number of rotatable bonds is 6. The molecule has 1 aromatic heterocycles. The number of anilines is 1. The van der Waals surface area contributed by atoms with Crippen molar-refractivity contribution >= 4 is 17.0 Å². The summed E-state index contributed by atoms with van der Waals surface area (Å²) < 4.78 is 10.8. The molecule has 144 valence electrons. The highest BCUT2D eigenvalue weighted by atomic mass is 32.1. The van der Waals surface area contributed by atoms with Crippen LogP contribution in [0.3, 0.4) is 0 Å². The highest BCUT2D eigenvalue weighted by Crippen LogP contribution is 2.36. The molecule has 1 unspecified atom stereocenters. The van der Waals surface area contributed by atoms with Crippen molar-refractivity contribution in [3.63, 3.8) is 0 Å².